The van der Waals surface area contributed by atoms with E-state index in [-0.39, 0.29) is 15.7 Å². The quantitative estimate of drug-likeness (QED) is 0.760. The molecule has 0 atom stereocenters. The van der Waals surface area contributed by atoms with Crippen LogP contribution in [0.2, 0.25) is 10.0 Å². The van der Waals surface area contributed by atoms with Gasteiger partial charge in [-0.05, 0) is 30.3 Å². The van der Waals surface area contributed by atoms with Crippen LogP contribution in [0.15, 0.2) is 30.3 Å². The van der Waals surface area contributed by atoms with Gasteiger partial charge in [0.05, 0.1) is 15.7 Å². The molecule has 88 valence electrons. The van der Waals surface area contributed by atoms with E-state index in [1.807, 2.05) is 0 Å². The molecule has 0 saturated carbocycles. The zero-order valence-corrected chi connectivity index (χ0v) is 9.99. The zero-order valence-electron chi connectivity index (χ0n) is 8.48. The first-order valence-corrected chi connectivity index (χ1v) is 5.44. The first-order valence-electron chi connectivity index (χ1n) is 4.69. The molecule has 0 unspecified atom stereocenters. The molecular weight excluding hydrogens is 267 g/mol. The number of rotatable bonds is 1. The minimum absolute atomic E-state index is 0.0976. The second-order valence-electron chi connectivity index (χ2n) is 3.47. The standard InChI is InChI=1S/C12H7Cl2F2N/c13-10-4-6(15)1-2-8(10)9-3-7(16)5-11(14)12(9)17/h1-5H,17H2. The molecule has 1 nitrogen and oxygen atoms in total. The normalized spacial score (nSPS) is 10.6. The molecule has 0 fully saturated rings. The van der Waals surface area contributed by atoms with Gasteiger partial charge in [0.2, 0.25) is 0 Å². The number of anilines is 1. The maximum atomic E-state index is 13.2. The molecule has 2 aromatic carbocycles. The molecular formula is C12H7Cl2F2N. The predicted molar refractivity (Wildman–Crippen MR) is 66.2 cm³/mol. The van der Waals surface area contributed by atoms with E-state index in [1.54, 1.807) is 0 Å². The number of benzene rings is 2. The van der Waals surface area contributed by atoms with Crippen molar-refractivity contribution in [2.75, 3.05) is 5.73 Å². The SMILES string of the molecule is Nc1c(Cl)cc(F)cc1-c1ccc(F)cc1Cl. The van der Waals surface area contributed by atoms with Gasteiger partial charge in [0.15, 0.2) is 0 Å². The van der Waals surface area contributed by atoms with Crippen molar-refractivity contribution >= 4 is 28.9 Å². The van der Waals surface area contributed by atoms with E-state index in [1.165, 1.54) is 18.2 Å². The second-order valence-corrected chi connectivity index (χ2v) is 4.29. The van der Waals surface area contributed by atoms with Crippen molar-refractivity contribution in [1.29, 1.82) is 0 Å². The molecule has 0 heterocycles. The molecule has 0 aliphatic rings. The number of halogens is 4. The Morgan fingerprint density at radius 2 is 1.47 bits per heavy atom. The van der Waals surface area contributed by atoms with Crippen LogP contribution in [0.25, 0.3) is 11.1 Å². The molecule has 0 aliphatic carbocycles. The fourth-order valence-electron chi connectivity index (χ4n) is 1.52. The Bertz CT molecular complexity index is 585. The molecule has 0 saturated heterocycles. The highest BCUT2D eigenvalue weighted by Gasteiger charge is 2.12. The summed E-state index contributed by atoms with van der Waals surface area (Å²) in [6.45, 7) is 0. The van der Waals surface area contributed by atoms with E-state index >= 15 is 0 Å². The van der Waals surface area contributed by atoms with Crippen LogP contribution in [0.1, 0.15) is 0 Å². The van der Waals surface area contributed by atoms with E-state index in [0.717, 1.165) is 12.1 Å². The van der Waals surface area contributed by atoms with Gasteiger partial charge in [-0.2, -0.15) is 0 Å². The van der Waals surface area contributed by atoms with Crippen LogP contribution in [-0.2, 0) is 0 Å². The summed E-state index contributed by atoms with van der Waals surface area (Å²) in [7, 11) is 0. The lowest BCUT2D eigenvalue weighted by Gasteiger charge is -2.09. The van der Waals surface area contributed by atoms with Crippen LogP contribution in [0, 0.1) is 11.6 Å². The molecule has 5 heteroatoms. The number of nitrogens with two attached hydrogens (primary N) is 1. The van der Waals surface area contributed by atoms with Crippen molar-refractivity contribution in [1.82, 2.24) is 0 Å². The third kappa shape index (κ3) is 2.35. The highest BCUT2D eigenvalue weighted by molar-refractivity contribution is 6.35. The Balaban J connectivity index is 2.68. The van der Waals surface area contributed by atoms with E-state index in [2.05, 4.69) is 0 Å². The van der Waals surface area contributed by atoms with Crippen LogP contribution in [0.3, 0.4) is 0 Å². The minimum Gasteiger partial charge on any atom is -0.397 e. The predicted octanol–water partition coefficient (Wildman–Crippen LogP) is 4.52. The summed E-state index contributed by atoms with van der Waals surface area (Å²) in [5.41, 5.74) is 6.73. The van der Waals surface area contributed by atoms with Gasteiger partial charge in [-0.3, -0.25) is 0 Å². The van der Waals surface area contributed by atoms with Gasteiger partial charge in [-0.25, -0.2) is 8.78 Å². The molecule has 2 N–H and O–H groups in total. The van der Waals surface area contributed by atoms with Gasteiger partial charge in [0, 0.05) is 11.1 Å². The van der Waals surface area contributed by atoms with E-state index < -0.39 is 11.6 Å². The summed E-state index contributed by atoms with van der Waals surface area (Å²) in [6, 6.07) is 6.10. The van der Waals surface area contributed by atoms with Crippen molar-refractivity contribution in [3.05, 3.63) is 52.0 Å². The van der Waals surface area contributed by atoms with E-state index in [0.29, 0.717) is 11.1 Å². The third-order valence-electron chi connectivity index (χ3n) is 2.32. The number of nitrogen functional groups attached to an aromatic ring is 1. The Labute approximate surface area is 107 Å². The monoisotopic (exact) mass is 273 g/mol. The summed E-state index contributed by atoms with van der Waals surface area (Å²) < 4.78 is 26.2. The van der Waals surface area contributed by atoms with Crippen LogP contribution < -0.4 is 5.73 Å². The average Bonchev–Trinajstić information content (AvgIpc) is 2.24. The summed E-state index contributed by atoms with van der Waals surface area (Å²) >= 11 is 11.7. The summed E-state index contributed by atoms with van der Waals surface area (Å²) in [5.74, 6) is -1.00. The van der Waals surface area contributed by atoms with Gasteiger partial charge in [0.1, 0.15) is 11.6 Å². The van der Waals surface area contributed by atoms with Crippen LogP contribution >= 0.6 is 23.2 Å². The van der Waals surface area contributed by atoms with E-state index in [4.69, 9.17) is 28.9 Å². The fourth-order valence-corrected chi connectivity index (χ4v) is 1.99. The molecule has 0 aromatic heterocycles. The minimum atomic E-state index is -0.528. The average molecular weight is 274 g/mol. The van der Waals surface area contributed by atoms with Crippen LogP contribution in [0.5, 0.6) is 0 Å². The largest absolute Gasteiger partial charge is 0.397 e. The van der Waals surface area contributed by atoms with Crippen molar-refractivity contribution in [3.8, 4) is 11.1 Å². The second kappa shape index (κ2) is 4.51. The molecule has 0 aliphatic heterocycles. The first kappa shape index (κ1) is 12.1. The Kier molecular flexibility index (Phi) is 3.22. The van der Waals surface area contributed by atoms with Crippen molar-refractivity contribution < 1.29 is 8.78 Å². The third-order valence-corrected chi connectivity index (χ3v) is 2.94. The summed E-state index contributed by atoms with van der Waals surface area (Å²) in [5, 5.41) is 0.249. The molecule has 0 radical (unpaired) electrons. The van der Waals surface area contributed by atoms with Crippen LogP contribution in [-0.4, -0.2) is 0 Å². The maximum Gasteiger partial charge on any atom is 0.125 e. The topological polar surface area (TPSA) is 26.0 Å². The van der Waals surface area contributed by atoms with E-state index in [9.17, 15) is 8.78 Å². The molecule has 17 heavy (non-hydrogen) atoms. The Hall–Kier alpha value is -1.32. The Morgan fingerprint density at radius 3 is 2.12 bits per heavy atom. The van der Waals surface area contributed by atoms with Gasteiger partial charge in [-0.15, -0.1) is 0 Å². The number of hydrogen-bond donors (Lipinski definition) is 1. The molecule has 0 spiro atoms. The van der Waals surface area contributed by atoms with Gasteiger partial charge < -0.3 is 5.73 Å². The van der Waals surface area contributed by atoms with Crippen molar-refractivity contribution in [3.63, 3.8) is 0 Å². The van der Waals surface area contributed by atoms with Crippen molar-refractivity contribution in [2.45, 2.75) is 0 Å². The van der Waals surface area contributed by atoms with Gasteiger partial charge in [0.25, 0.3) is 0 Å². The molecule has 0 amide bonds. The van der Waals surface area contributed by atoms with Gasteiger partial charge >= 0.3 is 0 Å². The first-order chi connectivity index (χ1) is 7.99. The Morgan fingerprint density at radius 1 is 0.824 bits per heavy atom. The molecule has 0 bridgehead atoms. The smallest absolute Gasteiger partial charge is 0.125 e. The molecule has 2 rings (SSSR count). The maximum absolute atomic E-state index is 13.2. The van der Waals surface area contributed by atoms with Gasteiger partial charge in [-0.1, -0.05) is 23.2 Å². The highest BCUT2D eigenvalue weighted by atomic mass is 35.5. The highest BCUT2D eigenvalue weighted by Crippen LogP contribution is 2.36. The number of hydrogen-bond acceptors (Lipinski definition) is 1. The summed E-state index contributed by atoms with van der Waals surface area (Å²) in [6.07, 6.45) is 0. The van der Waals surface area contributed by atoms with Crippen LogP contribution in [0.4, 0.5) is 14.5 Å². The lowest BCUT2D eigenvalue weighted by atomic mass is 10.0. The summed E-state index contributed by atoms with van der Waals surface area (Å²) in [4.78, 5) is 0. The zero-order chi connectivity index (χ0) is 12.6. The van der Waals surface area contributed by atoms with Crippen molar-refractivity contribution in [2.24, 2.45) is 0 Å². The lowest BCUT2D eigenvalue weighted by molar-refractivity contribution is 0.627. The fraction of sp³-hybridized carbons (Fsp3) is 0. The molecule has 2 aromatic rings. The lowest BCUT2D eigenvalue weighted by Crippen LogP contribution is -1.94.